The van der Waals surface area contributed by atoms with Gasteiger partial charge in [-0.05, 0) is 5.41 Å². The van der Waals surface area contributed by atoms with Crippen LogP contribution < -0.4 is 0 Å². The van der Waals surface area contributed by atoms with Gasteiger partial charge in [-0.3, -0.25) is 4.79 Å². The van der Waals surface area contributed by atoms with Crippen LogP contribution in [0.25, 0.3) is 0 Å². The van der Waals surface area contributed by atoms with Crippen molar-refractivity contribution in [2.24, 2.45) is 10.8 Å². The SMILES string of the molecule is CN(CC(C)(C)C)C(=O)C1(C#N)COC1. The third-order valence-electron chi connectivity index (χ3n) is 2.38. The summed E-state index contributed by atoms with van der Waals surface area (Å²) >= 11 is 0. The van der Waals surface area contributed by atoms with Crippen LogP contribution in [0.5, 0.6) is 0 Å². The van der Waals surface area contributed by atoms with Gasteiger partial charge >= 0.3 is 0 Å². The molecule has 0 N–H and O–H groups in total. The summed E-state index contributed by atoms with van der Waals surface area (Å²) in [7, 11) is 1.74. The molecule has 0 aromatic rings. The number of rotatable bonds is 2. The summed E-state index contributed by atoms with van der Waals surface area (Å²) in [6.07, 6.45) is 0. The largest absolute Gasteiger partial charge is 0.377 e. The molecule has 1 fully saturated rings. The molecular formula is C11H18N2O2. The van der Waals surface area contributed by atoms with Crippen molar-refractivity contribution < 1.29 is 9.53 Å². The lowest BCUT2D eigenvalue weighted by Gasteiger charge is -2.38. The Bertz CT molecular complexity index is 295. The lowest BCUT2D eigenvalue weighted by Crippen LogP contribution is -2.54. The van der Waals surface area contributed by atoms with Crippen molar-refractivity contribution in [2.75, 3.05) is 26.8 Å². The minimum Gasteiger partial charge on any atom is -0.377 e. The summed E-state index contributed by atoms with van der Waals surface area (Å²) in [6.45, 7) is 7.30. The first-order valence-electron chi connectivity index (χ1n) is 5.05. The lowest BCUT2D eigenvalue weighted by atomic mass is 9.85. The van der Waals surface area contributed by atoms with Gasteiger partial charge in [0.25, 0.3) is 0 Å². The Balaban J connectivity index is 2.65. The van der Waals surface area contributed by atoms with Crippen molar-refractivity contribution >= 4 is 5.91 Å². The highest BCUT2D eigenvalue weighted by Crippen LogP contribution is 2.29. The van der Waals surface area contributed by atoms with Crippen LogP contribution >= 0.6 is 0 Å². The number of amides is 1. The Morgan fingerprint density at radius 1 is 1.53 bits per heavy atom. The fourth-order valence-corrected chi connectivity index (χ4v) is 1.69. The summed E-state index contributed by atoms with van der Waals surface area (Å²) < 4.78 is 4.96. The third-order valence-corrected chi connectivity index (χ3v) is 2.38. The fraction of sp³-hybridized carbons (Fsp3) is 0.818. The van der Waals surface area contributed by atoms with Crippen molar-refractivity contribution in [3.8, 4) is 6.07 Å². The van der Waals surface area contributed by atoms with E-state index in [-0.39, 0.29) is 24.5 Å². The number of ether oxygens (including phenoxy) is 1. The van der Waals surface area contributed by atoms with Crippen LogP contribution in [-0.2, 0) is 9.53 Å². The maximum atomic E-state index is 12.0. The van der Waals surface area contributed by atoms with E-state index in [0.29, 0.717) is 6.54 Å². The van der Waals surface area contributed by atoms with Gasteiger partial charge in [0, 0.05) is 13.6 Å². The van der Waals surface area contributed by atoms with Crippen LogP contribution in [0.2, 0.25) is 0 Å². The second kappa shape index (κ2) is 3.82. The Labute approximate surface area is 90.8 Å². The highest BCUT2D eigenvalue weighted by Gasteiger charge is 2.48. The van der Waals surface area contributed by atoms with E-state index in [0.717, 1.165) is 0 Å². The fourth-order valence-electron chi connectivity index (χ4n) is 1.69. The second-order valence-electron chi connectivity index (χ2n) is 5.41. The quantitative estimate of drug-likeness (QED) is 0.684. The highest BCUT2D eigenvalue weighted by atomic mass is 16.5. The van der Waals surface area contributed by atoms with E-state index in [2.05, 4.69) is 26.8 Å². The van der Waals surface area contributed by atoms with E-state index < -0.39 is 5.41 Å². The van der Waals surface area contributed by atoms with Gasteiger partial charge in [0.2, 0.25) is 5.91 Å². The molecule has 1 rings (SSSR count). The molecule has 1 amide bonds. The number of carbonyl (C=O) groups excluding carboxylic acids is 1. The number of hydrogen-bond acceptors (Lipinski definition) is 3. The number of nitriles is 1. The molecule has 1 aliphatic heterocycles. The normalized spacial score (nSPS) is 18.9. The van der Waals surface area contributed by atoms with E-state index in [1.165, 1.54) is 0 Å². The molecule has 0 radical (unpaired) electrons. The molecule has 84 valence electrons. The first-order chi connectivity index (χ1) is 6.81. The zero-order valence-electron chi connectivity index (χ0n) is 9.83. The average Bonchev–Trinajstić information content (AvgIpc) is 1.99. The van der Waals surface area contributed by atoms with Crippen molar-refractivity contribution in [3.05, 3.63) is 0 Å². The van der Waals surface area contributed by atoms with E-state index in [1.54, 1.807) is 11.9 Å². The van der Waals surface area contributed by atoms with Gasteiger partial charge in [-0.25, -0.2) is 0 Å². The maximum Gasteiger partial charge on any atom is 0.247 e. The molecule has 0 aromatic carbocycles. The molecule has 4 nitrogen and oxygen atoms in total. The third kappa shape index (κ3) is 2.48. The lowest BCUT2D eigenvalue weighted by molar-refractivity contribution is -0.161. The van der Waals surface area contributed by atoms with Gasteiger partial charge < -0.3 is 9.64 Å². The molecule has 1 saturated heterocycles. The molecule has 0 saturated carbocycles. The van der Waals surface area contributed by atoms with E-state index in [1.807, 2.05) is 0 Å². The van der Waals surface area contributed by atoms with E-state index in [9.17, 15) is 4.79 Å². The van der Waals surface area contributed by atoms with Crippen LogP contribution in [0.15, 0.2) is 0 Å². The zero-order valence-corrected chi connectivity index (χ0v) is 9.83. The second-order valence-corrected chi connectivity index (χ2v) is 5.41. The first-order valence-corrected chi connectivity index (χ1v) is 5.05. The van der Waals surface area contributed by atoms with Crippen LogP contribution in [0.3, 0.4) is 0 Å². The van der Waals surface area contributed by atoms with E-state index in [4.69, 9.17) is 10.00 Å². The molecule has 0 spiro atoms. The Hall–Kier alpha value is -1.08. The molecule has 1 heterocycles. The minimum atomic E-state index is -0.917. The Morgan fingerprint density at radius 3 is 2.33 bits per heavy atom. The van der Waals surface area contributed by atoms with Crippen molar-refractivity contribution in [1.82, 2.24) is 4.90 Å². The van der Waals surface area contributed by atoms with E-state index >= 15 is 0 Å². The smallest absolute Gasteiger partial charge is 0.247 e. The molecule has 0 aromatic heterocycles. The number of hydrogen-bond donors (Lipinski definition) is 0. The standard InChI is InChI=1S/C11H18N2O2/c1-10(2,3)6-13(4)9(14)11(5-12)7-15-8-11/h6-8H2,1-4H3. The predicted molar refractivity (Wildman–Crippen MR) is 56.0 cm³/mol. The summed E-state index contributed by atoms with van der Waals surface area (Å²) in [5, 5.41) is 8.98. The molecule has 0 aliphatic carbocycles. The van der Waals surface area contributed by atoms with Gasteiger partial charge in [-0.15, -0.1) is 0 Å². The summed E-state index contributed by atoms with van der Waals surface area (Å²) in [4.78, 5) is 13.6. The van der Waals surface area contributed by atoms with Gasteiger partial charge in [0.15, 0.2) is 5.41 Å². The number of nitrogens with zero attached hydrogens (tertiary/aromatic N) is 2. The highest BCUT2D eigenvalue weighted by molar-refractivity contribution is 5.86. The van der Waals surface area contributed by atoms with Gasteiger partial charge in [-0.1, -0.05) is 20.8 Å². The predicted octanol–water partition coefficient (Wildman–Crippen LogP) is 1.03. The molecule has 0 bridgehead atoms. The zero-order chi connectivity index (χ0) is 11.7. The molecule has 0 atom stereocenters. The van der Waals surface area contributed by atoms with Gasteiger partial charge in [0.1, 0.15) is 0 Å². The summed E-state index contributed by atoms with van der Waals surface area (Å²) in [5.41, 5.74) is -0.869. The molecular weight excluding hydrogens is 192 g/mol. The van der Waals surface area contributed by atoms with Crippen molar-refractivity contribution in [2.45, 2.75) is 20.8 Å². The average molecular weight is 210 g/mol. The minimum absolute atomic E-state index is 0.0473. The first kappa shape index (κ1) is 12.0. The monoisotopic (exact) mass is 210 g/mol. The van der Waals surface area contributed by atoms with Crippen LogP contribution in [0.4, 0.5) is 0 Å². The summed E-state index contributed by atoms with van der Waals surface area (Å²) in [6, 6.07) is 2.07. The number of carbonyl (C=O) groups is 1. The molecule has 15 heavy (non-hydrogen) atoms. The molecule has 4 heteroatoms. The van der Waals surface area contributed by atoms with Crippen LogP contribution in [0, 0.1) is 22.2 Å². The summed E-state index contributed by atoms with van der Waals surface area (Å²) in [5.74, 6) is -0.119. The molecule has 1 aliphatic rings. The van der Waals surface area contributed by atoms with Crippen molar-refractivity contribution in [1.29, 1.82) is 5.26 Å². The molecule has 0 unspecified atom stereocenters. The van der Waals surface area contributed by atoms with Gasteiger partial charge in [-0.2, -0.15) is 5.26 Å². The van der Waals surface area contributed by atoms with Crippen LogP contribution in [0.1, 0.15) is 20.8 Å². The topological polar surface area (TPSA) is 53.3 Å². The Morgan fingerprint density at radius 2 is 2.07 bits per heavy atom. The van der Waals surface area contributed by atoms with Crippen molar-refractivity contribution in [3.63, 3.8) is 0 Å². The maximum absolute atomic E-state index is 12.0. The van der Waals surface area contributed by atoms with Gasteiger partial charge in [0.05, 0.1) is 19.3 Å². The van der Waals surface area contributed by atoms with Crippen LogP contribution in [-0.4, -0.2) is 37.6 Å². The Kier molecular flexibility index (Phi) is 3.05.